The Bertz CT molecular complexity index is 336. The molecule has 0 spiro atoms. The van der Waals surface area contributed by atoms with Crippen LogP contribution < -0.4 is 5.73 Å². The van der Waals surface area contributed by atoms with Crippen LogP contribution in [0.15, 0.2) is 21.4 Å². The summed E-state index contributed by atoms with van der Waals surface area (Å²) < 4.78 is 6.09. The zero-order valence-corrected chi connectivity index (χ0v) is 11.4. The van der Waals surface area contributed by atoms with Crippen LogP contribution >= 0.6 is 15.9 Å². The Balaban J connectivity index is 2.13. The highest BCUT2D eigenvalue weighted by molar-refractivity contribution is 9.10. The molecule has 1 aliphatic rings. The number of rotatable bonds is 3. The molecule has 1 aromatic heterocycles. The molecule has 1 aromatic rings. The van der Waals surface area contributed by atoms with Crippen molar-refractivity contribution in [2.45, 2.75) is 45.1 Å². The molecule has 16 heavy (non-hydrogen) atoms. The van der Waals surface area contributed by atoms with Gasteiger partial charge < -0.3 is 10.2 Å². The molecule has 0 saturated heterocycles. The van der Waals surface area contributed by atoms with Crippen LogP contribution in [-0.2, 0) is 0 Å². The summed E-state index contributed by atoms with van der Waals surface area (Å²) in [5, 5.41) is 0. The normalized spacial score (nSPS) is 27.9. The highest BCUT2D eigenvalue weighted by atomic mass is 79.9. The molecule has 2 rings (SSSR count). The summed E-state index contributed by atoms with van der Waals surface area (Å²) in [6.07, 6.45) is 8.25. The average molecular weight is 286 g/mol. The van der Waals surface area contributed by atoms with Gasteiger partial charge in [-0.05, 0) is 40.3 Å². The maximum Gasteiger partial charge on any atom is 0.173 e. The van der Waals surface area contributed by atoms with Crippen molar-refractivity contribution in [3.8, 4) is 0 Å². The summed E-state index contributed by atoms with van der Waals surface area (Å²) in [6.45, 7) is 2.28. The second-order valence-corrected chi connectivity index (χ2v) is 5.51. The summed E-state index contributed by atoms with van der Waals surface area (Å²) in [5.74, 6) is 1.40. The minimum atomic E-state index is 0.123. The molecule has 0 aliphatic heterocycles. The van der Waals surface area contributed by atoms with Crippen LogP contribution in [-0.4, -0.2) is 0 Å². The van der Waals surface area contributed by atoms with E-state index in [1.54, 1.807) is 6.26 Å². The van der Waals surface area contributed by atoms with Gasteiger partial charge in [-0.2, -0.15) is 0 Å². The monoisotopic (exact) mass is 285 g/mol. The van der Waals surface area contributed by atoms with E-state index in [0.717, 1.165) is 16.2 Å². The fourth-order valence-corrected chi connectivity index (χ4v) is 3.49. The van der Waals surface area contributed by atoms with Crippen molar-refractivity contribution in [2.75, 3.05) is 0 Å². The first-order valence-electron chi connectivity index (χ1n) is 6.22. The molecule has 1 aliphatic carbocycles. The number of nitrogens with two attached hydrogens (primary N) is 1. The quantitative estimate of drug-likeness (QED) is 0.901. The molecule has 1 saturated carbocycles. The third-order valence-electron chi connectivity index (χ3n) is 3.96. The Labute approximate surface area is 106 Å². The van der Waals surface area contributed by atoms with Gasteiger partial charge in [0.25, 0.3) is 0 Å². The number of halogens is 1. The van der Waals surface area contributed by atoms with Crippen LogP contribution in [0.25, 0.3) is 0 Å². The molecular formula is C13H20BrNO. The van der Waals surface area contributed by atoms with E-state index in [9.17, 15) is 0 Å². The van der Waals surface area contributed by atoms with Crippen molar-refractivity contribution in [3.63, 3.8) is 0 Å². The predicted octanol–water partition coefficient (Wildman–Crippen LogP) is 4.26. The van der Waals surface area contributed by atoms with Gasteiger partial charge in [-0.15, -0.1) is 0 Å². The largest absolute Gasteiger partial charge is 0.457 e. The lowest BCUT2D eigenvalue weighted by atomic mass is 9.73. The van der Waals surface area contributed by atoms with E-state index in [-0.39, 0.29) is 6.04 Å². The lowest BCUT2D eigenvalue weighted by molar-refractivity contribution is 0.195. The Morgan fingerprint density at radius 2 is 2.25 bits per heavy atom. The Morgan fingerprint density at radius 3 is 2.88 bits per heavy atom. The molecule has 3 unspecified atom stereocenters. The summed E-state index contributed by atoms with van der Waals surface area (Å²) in [4.78, 5) is 0. The van der Waals surface area contributed by atoms with Gasteiger partial charge in [0.1, 0.15) is 0 Å². The van der Waals surface area contributed by atoms with E-state index in [4.69, 9.17) is 10.2 Å². The highest BCUT2D eigenvalue weighted by Crippen LogP contribution is 2.40. The Morgan fingerprint density at radius 1 is 1.50 bits per heavy atom. The third-order valence-corrected chi connectivity index (χ3v) is 4.60. The second-order valence-electron chi connectivity index (χ2n) is 4.79. The van der Waals surface area contributed by atoms with Crippen molar-refractivity contribution in [1.29, 1.82) is 0 Å². The average Bonchev–Trinajstić information content (AvgIpc) is 2.74. The lowest BCUT2D eigenvalue weighted by Crippen LogP contribution is -2.30. The molecule has 2 N–H and O–H groups in total. The summed E-state index contributed by atoms with van der Waals surface area (Å²) in [6, 6.07) is 2.12. The number of hydrogen-bond acceptors (Lipinski definition) is 2. The zero-order chi connectivity index (χ0) is 11.5. The van der Waals surface area contributed by atoms with Gasteiger partial charge >= 0.3 is 0 Å². The third kappa shape index (κ3) is 2.35. The van der Waals surface area contributed by atoms with Gasteiger partial charge in [-0.25, -0.2) is 0 Å². The minimum Gasteiger partial charge on any atom is -0.457 e. The van der Waals surface area contributed by atoms with Crippen molar-refractivity contribution >= 4 is 15.9 Å². The van der Waals surface area contributed by atoms with E-state index in [2.05, 4.69) is 22.9 Å². The first-order valence-corrected chi connectivity index (χ1v) is 7.01. The SMILES string of the molecule is CCC1CCCCC1C(N)c1ccoc1Br. The van der Waals surface area contributed by atoms with Crippen LogP contribution in [0.3, 0.4) is 0 Å². The maximum atomic E-state index is 6.39. The van der Waals surface area contributed by atoms with Gasteiger partial charge in [-0.1, -0.05) is 32.6 Å². The molecule has 3 heteroatoms. The molecule has 0 aromatic carbocycles. The molecule has 0 bridgehead atoms. The highest BCUT2D eigenvalue weighted by Gasteiger charge is 2.31. The van der Waals surface area contributed by atoms with E-state index in [1.807, 2.05) is 6.07 Å². The summed E-state index contributed by atoms with van der Waals surface area (Å²) in [5.41, 5.74) is 7.52. The van der Waals surface area contributed by atoms with Crippen molar-refractivity contribution in [1.82, 2.24) is 0 Å². The predicted molar refractivity (Wildman–Crippen MR) is 69.1 cm³/mol. The van der Waals surface area contributed by atoms with Crippen LogP contribution in [0.2, 0.25) is 0 Å². The van der Waals surface area contributed by atoms with Crippen LogP contribution in [0, 0.1) is 11.8 Å². The number of hydrogen-bond donors (Lipinski definition) is 1. The van der Waals surface area contributed by atoms with E-state index >= 15 is 0 Å². The molecule has 2 nitrogen and oxygen atoms in total. The molecule has 0 radical (unpaired) electrons. The first kappa shape index (κ1) is 12.2. The van der Waals surface area contributed by atoms with Gasteiger partial charge in [0.2, 0.25) is 0 Å². The van der Waals surface area contributed by atoms with E-state index < -0.39 is 0 Å². The summed E-state index contributed by atoms with van der Waals surface area (Å²) in [7, 11) is 0. The zero-order valence-electron chi connectivity index (χ0n) is 9.79. The Hall–Kier alpha value is -0.280. The van der Waals surface area contributed by atoms with Crippen molar-refractivity contribution in [2.24, 2.45) is 17.6 Å². The smallest absolute Gasteiger partial charge is 0.173 e. The van der Waals surface area contributed by atoms with E-state index in [0.29, 0.717) is 5.92 Å². The van der Waals surface area contributed by atoms with Crippen LogP contribution in [0.1, 0.15) is 50.6 Å². The fraction of sp³-hybridized carbons (Fsp3) is 0.692. The van der Waals surface area contributed by atoms with Gasteiger partial charge in [0.05, 0.1) is 6.26 Å². The first-order chi connectivity index (χ1) is 7.74. The second kappa shape index (κ2) is 5.37. The maximum absolute atomic E-state index is 6.39. The molecule has 1 fully saturated rings. The Kier molecular flexibility index (Phi) is 4.09. The molecule has 0 amide bonds. The lowest BCUT2D eigenvalue weighted by Gasteiger charge is -2.34. The van der Waals surface area contributed by atoms with E-state index in [1.165, 1.54) is 32.1 Å². The van der Waals surface area contributed by atoms with Gasteiger partial charge in [0.15, 0.2) is 4.67 Å². The van der Waals surface area contributed by atoms with Crippen LogP contribution in [0.4, 0.5) is 0 Å². The molecule has 1 heterocycles. The molecular weight excluding hydrogens is 266 g/mol. The molecule has 90 valence electrons. The number of furan rings is 1. The standard InChI is InChI=1S/C13H20BrNO/c1-2-9-5-3-4-6-10(9)12(15)11-7-8-16-13(11)14/h7-10,12H,2-6,15H2,1H3. The topological polar surface area (TPSA) is 39.2 Å². The molecule has 3 atom stereocenters. The van der Waals surface area contributed by atoms with Crippen molar-refractivity contribution < 1.29 is 4.42 Å². The van der Waals surface area contributed by atoms with Gasteiger partial charge in [0, 0.05) is 11.6 Å². The fourth-order valence-electron chi connectivity index (χ4n) is 2.99. The summed E-state index contributed by atoms with van der Waals surface area (Å²) >= 11 is 3.43. The minimum absolute atomic E-state index is 0.123. The van der Waals surface area contributed by atoms with Crippen molar-refractivity contribution in [3.05, 3.63) is 22.6 Å². The van der Waals surface area contributed by atoms with Crippen LogP contribution in [0.5, 0.6) is 0 Å². The van der Waals surface area contributed by atoms with Gasteiger partial charge in [-0.3, -0.25) is 0 Å².